The maximum atomic E-state index is 12.7. The highest BCUT2D eigenvalue weighted by atomic mass is 19.3. The van der Waals surface area contributed by atoms with Crippen LogP contribution in [0, 0.1) is 0 Å². The van der Waals surface area contributed by atoms with E-state index in [0.717, 1.165) is 13.0 Å². The summed E-state index contributed by atoms with van der Waals surface area (Å²) in [4.78, 5) is 0. The van der Waals surface area contributed by atoms with Crippen LogP contribution in [0.4, 0.5) is 17.6 Å². The minimum absolute atomic E-state index is 0.597. The molecule has 17 heavy (non-hydrogen) atoms. The third-order valence-corrected chi connectivity index (χ3v) is 3.16. The fraction of sp³-hybridized carbons (Fsp3) is 1.00. The summed E-state index contributed by atoms with van der Waals surface area (Å²) >= 11 is 0. The van der Waals surface area contributed by atoms with Crippen LogP contribution in [0.25, 0.3) is 0 Å². The summed E-state index contributed by atoms with van der Waals surface area (Å²) < 4.78 is 54.5. The summed E-state index contributed by atoms with van der Waals surface area (Å²) in [6, 6.07) is 0. The summed E-state index contributed by atoms with van der Waals surface area (Å²) in [7, 11) is 0. The summed E-state index contributed by atoms with van der Waals surface area (Å²) in [5, 5.41) is 3.08. The van der Waals surface area contributed by atoms with Gasteiger partial charge in [0.25, 0.3) is 0 Å². The molecule has 0 heterocycles. The van der Waals surface area contributed by atoms with Gasteiger partial charge < -0.3 is 10.1 Å². The lowest BCUT2D eigenvalue weighted by Gasteiger charge is -2.42. The molecule has 1 fully saturated rings. The van der Waals surface area contributed by atoms with Gasteiger partial charge in [0.2, 0.25) is 0 Å². The molecule has 102 valence electrons. The minimum atomic E-state index is -4.04. The molecular weight excluding hydrogens is 238 g/mol. The molecule has 1 N–H and O–H groups in total. The monoisotopic (exact) mass is 257 g/mol. The third kappa shape index (κ3) is 4.10. The van der Waals surface area contributed by atoms with Gasteiger partial charge in [0.1, 0.15) is 6.61 Å². The maximum Gasteiger partial charge on any atom is 0.330 e. The zero-order valence-corrected chi connectivity index (χ0v) is 9.95. The van der Waals surface area contributed by atoms with Crippen molar-refractivity contribution in [3.63, 3.8) is 0 Å². The van der Waals surface area contributed by atoms with E-state index in [9.17, 15) is 17.6 Å². The van der Waals surface area contributed by atoms with Crippen molar-refractivity contribution in [3.05, 3.63) is 0 Å². The fourth-order valence-electron chi connectivity index (χ4n) is 1.84. The Labute approximate surface area is 98.7 Å². The third-order valence-electron chi connectivity index (χ3n) is 3.16. The van der Waals surface area contributed by atoms with Crippen molar-refractivity contribution in [2.24, 2.45) is 0 Å². The first-order valence-corrected chi connectivity index (χ1v) is 5.92. The molecule has 2 nitrogen and oxygen atoms in total. The van der Waals surface area contributed by atoms with Crippen LogP contribution in [-0.4, -0.2) is 37.6 Å². The van der Waals surface area contributed by atoms with E-state index >= 15 is 0 Å². The first-order chi connectivity index (χ1) is 7.92. The molecule has 0 aromatic rings. The standard InChI is InChI=1S/C11H19F4NO/c1-2-16-7-6-10(4-3-5-10)17-8-11(14,15)9(12)13/h9,16H,2-8H2,1H3. The van der Waals surface area contributed by atoms with E-state index in [1.54, 1.807) is 0 Å². The predicted octanol–water partition coefficient (Wildman–Crippen LogP) is 2.83. The van der Waals surface area contributed by atoms with Gasteiger partial charge in [-0.25, -0.2) is 8.78 Å². The summed E-state index contributed by atoms with van der Waals surface area (Å²) in [5.74, 6) is -4.04. The fourth-order valence-corrected chi connectivity index (χ4v) is 1.84. The van der Waals surface area contributed by atoms with Crippen LogP contribution in [-0.2, 0) is 4.74 Å². The van der Waals surface area contributed by atoms with E-state index in [-0.39, 0.29) is 0 Å². The van der Waals surface area contributed by atoms with Gasteiger partial charge in [-0.05, 0) is 38.8 Å². The molecular formula is C11H19F4NO. The van der Waals surface area contributed by atoms with Crippen molar-refractivity contribution in [2.75, 3.05) is 19.7 Å². The number of alkyl halides is 4. The number of hydrogen-bond acceptors (Lipinski definition) is 2. The van der Waals surface area contributed by atoms with Crippen LogP contribution in [0.1, 0.15) is 32.6 Å². The Kier molecular flexibility index (Phi) is 5.19. The molecule has 0 radical (unpaired) electrons. The first-order valence-electron chi connectivity index (χ1n) is 5.92. The minimum Gasteiger partial charge on any atom is -0.368 e. The summed E-state index contributed by atoms with van der Waals surface area (Å²) in [6.07, 6.45) is -0.796. The van der Waals surface area contributed by atoms with E-state index in [1.807, 2.05) is 6.92 Å². The van der Waals surface area contributed by atoms with E-state index < -0.39 is 24.6 Å². The maximum absolute atomic E-state index is 12.7. The largest absolute Gasteiger partial charge is 0.368 e. The smallest absolute Gasteiger partial charge is 0.330 e. The lowest BCUT2D eigenvalue weighted by molar-refractivity contribution is -0.211. The van der Waals surface area contributed by atoms with Gasteiger partial charge >= 0.3 is 12.3 Å². The lowest BCUT2D eigenvalue weighted by Crippen LogP contribution is -2.46. The van der Waals surface area contributed by atoms with Crippen LogP contribution in [0.3, 0.4) is 0 Å². The first kappa shape index (κ1) is 14.7. The number of nitrogens with one attached hydrogen (secondary N) is 1. The molecule has 0 aromatic heterocycles. The van der Waals surface area contributed by atoms with Crippen LogP contribution in [0.5, 0.6) is 0 Å². The highest BCUT2D eigenvalue weighted by molar-refractivity contribution is 4.91. The predicted molar refractivity (Wildman–Crippen MR) is 56.6 cm³/mol. The molecule has 0 saturated heterocycles. The number of rotatable bonds is 8. The molecule has 0 bridgehead atoms. The van der Waals surface area contributed by atoms with E-state index in [1.165, 1.54) is 0 Å². The van der Waals surface area contributed by atoms with Crippen molar-refractivity contribution in [1.82, 2.24) is 5.32 Å². The highest BCUT2D eigenvalue weighted by Gasteiger charge is 2.45. The summed E-state index contributed by atoms with van der Waals surface area (Å²) in [6.45, 7) is 2.22. The van der Waals surface area contributed by atoms with Crippen LogP contribution < -0.4 is 5.32 Å². The van der Waals surface area contributed by atoms with Crippen molar-refractivity contribution < 1.29 is 22.3 Å². The van der Waals surface area contributed by atoms with Crippen LogP contribution >= 0.6 is 0 Å². The van der Waals surface area contributed by atoms with Gasteiger partial charge in [0.15, 0.2) is 0 Å². The molecule has 0 spiro atoms. The van der Waals surface area contributed by atoms with Crippen LogP contribution in [0.15, 0.2) is 0 Å². The zero-order valence-electron chi connectivity index (χ0n) is 9.95. The van der Waals surface area contributed by atoms with Crippen molar-refractivity contribution >= 4 is 0 Å². The Bertz CT molecular complexity index is 232. The highest BCUT2D eigenvalue weighted by Crippen LogP contribution is 2.40. The molecule has 1 saturated carbocycles. The van der Waals surface area contributed by atoms with Gasteiger partial charge in [-0.3, -0.25) is 0 Å². The van der Waals surface area contributed by atoms with E-state index in [4.69, 9.17) is 4.74 Å². The summed E-state index contributed by atoms with van der Waals surface area (Å²) in [5.41, 5.74) is -0.611. The number of halogens is 4. The molecule has 0 aromatic carbocycles. The molecule has 0 atom stereocenters. The average molecular weight is 257 g/mol. The lowest BCUT2D eigenvalue weighted by atomic mass is 9.77. The topological polar surface area (TPSA) is 21.3 Å². The molecule has 0 aliphatic heterocycles. The average Bonchev–Trinajstić information content (AvgIpc) is 2.20. The van der Waals surface area contributed by atoms with Crippen molar-refractivity contribution in [2.45, 2.75) is 50.6 Å². The number of ether oxygens (including phenoxy) is 1. The molecule has 1 aliphatic rings. The Morgan fingerprint density at radius 1 is 1.35 bits per heavy atom. The normalized spacial score (nSPS) is 19.4. The van der Waals surface area contributed by atoms with Gasteiger partial charge in [-0.1, -0.05) is 6.92 Å². The molecule has 0 amide bonds. The molecule has 1 rings (SSSR count). The molecule has 1 aliphatic carbocycles. The Hall–Kier alpha value is -0.360. The van der Waals surface area contributed by atoms with Gasteiger partial charge in [0, 0.05) is 0 Å². The number of hydrogen-bond donors (Lipinski definition) is 1. The van der Waals surface area contributed by atoms with Crippen molar-refractivity contribution in [3.8, 4) is 0 Å². The van der Waals surface area contributed by atoms with Gasteiger partial charge in [0.05, 0.1) is 5.60 Å². The second-order valence-corrected chi connectivity index (χ2v) is 4.49. The Morgan fingerprint density at radius 3 is 2.41 bits per heavy atom. The van der Waals surface area contributed by atoms with Crippen molar-refractivity contribution in [1.29, 1.82) is 0 Å². The van der Waals surface area contributed by atoms with Gasteiger partial charge in [-0.15, -0.1) is 0 Å². The Morgan fingerprint density at radius 2 is 2.00 bits per heavy atom. The van der Waals surface area contributed by atoms with Gasteiger partial charge in [-0.2, -0.15) is 8.78 Å². The van der Waals surface area contributed by atoms with E-state index in [0.29, 0.717) is 25.8 Å². The zero-order chi connectivity index (χ0) is 12.9. The second kappa shape index (κ2) is 6.00. The van der Waals surface area contributed by atoms with Crippen LogP contribution in [0.2, 0.25) is 0 Å². The SMILES string of the molecule is CCNCCC1(OCC(F)(F)C(F)F)CCC1. The molecule has 0 unspecified atom stereocenters. The Balaban J connectivity index is 2.36. The quantitative estimate of drug-likeness (QED) is 0.533. The molecule has 6 heteroatoms. The second-order valence-electron chi connectivity index (χ2n) is 4.49. The van der Waals surface area contributed by atoms with E-state index in [2.05, 4.69) is 5.32 Å².